The van der Waals surface area contributed by atoms with Crippen molar-refractivity contribution in [2.45, 2.75) is 24.2 Å². The molecule has 21 heavy (non-hydrogen) atoms. The molecule has 0 amide bonds. The minimum Gasteiger partial charge on any atom is -0.395 e. The number of hydrogen-bond donors (Lipinski definition) is 2. The van der Waals surface area contributed by atoms with E-state index in [1.165, 1.54) is 12.0 Å². The highest BCUT2D eigenvalue weighted by molar-refractivity contribution is 7.99. The van der Waals surface area contributed by atoms with Gasteiger partial charge in [0.25, 0.3) is 0 Å². The monoisotopic (exact) mass is 301 g/mol. The van der Waals surface area contributed by atoms with E-state index in [2.05, 4.69) is 22.4 Å². The Kier molecular flexibility index (Phi) is 4.72. The van der Waals surface area contributed by atoms with Crippen LogP contribution in [0.1, 0.15) is 23.5 Å². The number of nitrogens with one attached hydrogen (secondary N) is 1. The normalized spacial score (nSPS) is 13.8. The average Bonchev–Trinajstić information content (AvgIpc) is 2.53. The van der Waals surface area contributed by atoms with Gasteiger partial charge in [-0.05, 0) is 24.2 Å². The zero-order chi connectivity index (χ0) is 14.5. The van der Waals surface area contributed by atoms with E-state index >= 15 is 0 Å². The number of aromatic nitrogens is 2. The van der Waals surface area contributed by atoms with Crippen LogP contribution in [0.5, 0.6) is 0 Å². The van der Waals surface area contributed by atoms with E-state index in [0.29, 0.717) is 6.54 Å². The van der Waals surface area contributed by atoms with Crippen molar-refractivity contribution in [2.75, 3.05) is 24.2 Å². The predicted octanol–water partition coefficient (Wildman–Crippen LogP) is 2.51. The number of aliphatic hydroxyl groups excluding tert-OH is 1. The molecule has 0 spiro atoms. The molecule has 110 valence electrons. The van der Waals surface area contributed by atoms with Crippen LogP contribution < -0.4 is 5.32 Å². The first kappa shape index (κ1) is 14.4. The lowest BCUT2D eigenvalue weighted by Gasteiger charge is -2.19. The molecule has 3 rings (SSSR count). The zero-order valence-corrected chi connectivity index (χ0v) is 12.7. The molecule has 0 unspecified atom stereocenters. The summed E-state index contributed by atoms with van der Waals surface area (Å²) in [6.07, 6.45) is 2.92. The fourth-order valence-electron chi connectivity index (χ4n) is 2.43. The number of benzene rings is 1. The van der Waals surface area contributed by atoms with Gasteiger partial charge >= 0.3 is 0 Å². The van der Waals surface area contributed by atoms with Crippen LogP contribution in [-0.4, -0.2) is 34.0 Å². The quantitative estimate of drug-likeness (QED) is 0.888. The summed E-state index contributed by atoms with van der Waals surface area (Å²) in [7, 11) is 0. The van der Waals surface area contributed by atoms with Gasteiger partial charge in [-0.2, -0.15) is 0 Å². The minimum absolute atomic E-state index is 0.109. The van der Waals surface area contributed by atoms with Gasteiger partial charge in [0.05, 0.1) is 17.2 Å². The van der Waals surface area contributed by atoms with Gasteiger partial charge in [0.2, 0.25) is 0 Å². The lowest BCUT2D eigenvalue weighted by molar-refractivity contribution is 0.311. The van der Waals surface area contributed by atoms with Crippen molar-refractivity contribution in [2.24, 2.45) is 0 Å². The zero-order valence-electron chi connectivity index (χ0n) is 11.9. The molecule has 2 heterocycles. The molecule has 0 saturated carbocycles. The average molecular weight is 301 g/mol. The predicted molar refractivity (Wildman–Crippen MR) is 85.9 cm³/mol. The Morgan fingerprint density at radius 1 is 1.19 bits per heavy atom. The summed E-state index contributed by atoms with van der Waals surface area (Å²) in [4.78, 5) is 10.6. The van der Waals surface area contributed by atoms with Crippen molar-refractivity contribution in [1.82, 2.24) is 9.97 Å². The fourth-order valence-corrected chi connectivity index (χ4v) is 3.50. The van der Waals surface area contributed by atoms with Gasteiger partial charge in [0, 0.05) is 13.0 Å². The molecule has 1 aliphatic heterocycles. The molecule has 2 N–H and O–H groups in total. The summed E-state index contributed by atoms with van der Waals surface area (Å²) >= 11 is 1.81. The fraction of sp³-hybridized carbons (Fsp3) is 0.375. The Morgan fingerprint density at radius 3 is 2.86 bits per heavy atom. The Morgan fingerprint density at radius 2 is 2.05 bits per heavy atom. The highest BCUT2D eigenvalue weighted by atomic mass is 32.2. The van der Waals surface area contributed by atoms with E-state index in [1.54, 1.807) is 0 Å². The Balaban J connectivity index is 1.90. The maximum atomic E-state index is 9.02. The number of anilines is 1. The Hall–Kier alpha value is -1.59. The summed E-state index contributed by atoms with van der Waals surface area (Å²) in [5.74, 6) is 2.84. The number of thioether (sulfide) groups is 1. The van der Waals surface area contributed by atoms with Gasteiger partial charge in [0.1, 0.15) is 11.6 Å². The second-order valence-electron chi connectivity index (χ2n) is 5.03. The smallest absolute Gasteiger partial charge is 0.143 e. The molecule has 0 aliphatic carbocycles. The molecule has 0 saturated heterocycles. The standard InChI is InChI=1S/C16H19N3OS/c20-9-8-17-16-15-13(7-4-10-21-15)18-14(19-16)11-12-5-2-1-3-6-12/h1-3,5-6,20H,4,7-11H2,(H,17,18,19). The van der Waals surface area contributed by atoms with Crippen LogP contribution in [0.4, 0.5) is 5.82 Å². The van der Waals surface area contributed by atoms with Gasteiger partial charge in [-0.25, -0.2) is 9.97 Å². The largest absolute Gasteiger partial charge is 0.395 e. The minimum atomic E-state index is 0.109. The van der Waals surface area contributed by atoms with Crippen LogP contribution in [0.25, 0.3) is 0 Å². The molecule has 0 radical (unpaired) electrons. The van der Waals surface area contributed by atoms with E-state index in [9.17, 15) is 0 Å². The molecule has 2 aromatic rings. The molecule has 1 aliphatic rings. The molecule has 1 aromatic carbocycles. The Labute approximate surface area is 129 Å². The maximum absolute atomic E-state index is 9.02. The molecule has 0 bridgehead atoms. The van der Waals surface area contributed by atoms with Crippen molar-refractivity contribution in [1.29, 1.82) is 0 Å². The van der Waals surface area contributed by atoms with Crippen molar-refractivity contribution in [3.05, 3.63) is 47.4 Å². The van der Waals surface area contributed by atoms with E-state index in [-0.39, 0.29) is 6.61 Å². The second kappa shape index (κ2) is 6.91. The van der Waals surface area contributed by atoms with E-state index < -0.39 is 0 Å². The molecule has 1 aromatic heterocycles. The Bertz CT molecular complexity index is 604. The first-order chi connectivity index (χ1) is 10.4. The van der Waals surface area contributed by atoms with Crippen molar-refractivity contribution >= 4 is 17.6 Å². The number of rotatable bonds is 5. The van der Waals surface area contributed by atoms with E-state index in [1.807, 2.05) is 30.0 Å². The van der Waals surface area contributed by atoms with Gasteiger partial charge in [-0.15, -0.1) is 11.8 Å². The lowest BCUT2D eigenvalue weighted by atomic mass is 10.1. The molecular weight excluding hydrogens is 282 g/mol. The highest BCUT2D eigenvalue weighted by Gasteiger charge is 2.18. The van der Waals surface area contributed by atoms with Crippen LogP contribution in [0, 0.1) is 0 Å². The van der Waals surface area contributed by atoms with Crippen molar-refractivity contribution in [3.8, 4) is 0 Å². The van der Waals surface area contributed by atoms with Crippen LogP contribution in [0.15, 0.2) is 35.2 Å². The topological polar surface area (TPSA) is 58.0 Å². The first-order valence-electron chi connectivity index (χ1n) is 7.28. The van der Waals surface area contributed by atoms with Crippen molar-refractivity contribution in [3.63, 3.8) is 0 Å². The van der Waals surface area contributed by atoms with Gasteiger partial charge < -0.3 is 10.4 Å². The third-order valence-corrected chi connectivity index (χ3v) is 4.61. The van der Waals surface area contributed by atoms with Crippen LogP contribution >= 0.6 is 11.8 Å². The molecule has 4 nitrogen and oxygen atoms in total. The summed E-state index contributed by atoms with van der Waals surface area (Å²) in [5.41, 5.74) is 2.36. The van der Waals surface area contributed by atoms with Crippen molar-refractivity contribution < 1.29 is 5.11 Å². The highest BCUT2D eigenvalue weighted by Crippen LogP contribution is 2.34. The number of fused-ring (bicyclic) bond motifs is 1. The number of nitrogens with zero attached hydrogens (tertiary/aromatic N) is 2. The van der Waals surface area contributed by atoms with Gasteiger partial charge in [-0.3, -0.25) is 0 Å². The van der Waals surface area contributed by atoms with Crippen LogP contribution in [0.2, 0.25) is 0 Å². The van der Waals surface area contributed by atoms with E-state index in [4.69, 9.17) is 10.1 Å². The molecule has 0 fully saturated rings. The second-order valence-corrected chi connectivity index (χ2v) is 6.13. The van der Waals surface area contributed by atoms with Crippen LogP contribution in [0.3, 0.4) is 0 Å². The summed E-state index contributed by atoms with van der Waals surface area (Å²) in [6, 6.07) is 10.3. The van der Waals surface area contributed by atoms with Gasteiger partial charge in [-0.1, -0.05) is 30.3 Å². The third-order valence-electron chi connectivity index (χ3n) is 3.40. The summed E-state index contributed by atoms with van der Waals surface area (Å²) in [5, 5.41) is 12.3. The SMILES string of the molecule is OCCNc1nc(Cc2ccccc2)nc2c1SCCC2. The molecular formula is C16H19N3OS. The third kappa shape index (κ3) is 3.54. The summed E-state index contributed by atoms with van der Waals surface area (Å²) in [6.45, 7) is 0.631. The lowest BCUT2D eigenvalue weighted by Crippen LogP contribution is -2.14. The van der Waals surface area contributed by atoms with Crippen LogP contribution in [-0.2, 0) is 12.8 Å². The molecule has 0 atom stereocenters. The maximum Gasteiger partial charge on any atom is 0.143 e. The summed E-state index contributed by atoms with van der Waals surface area (Å²) < 4.78 is 0. The number of aryl methyl sites for hydroxylation is 1. The number of aliphatic hydroxyl groups is 1. The van der Waals surface area contributed by atoms with E-state index in [0.717, 1.165) is 40.8 Å². The van der Waals surface area contributed by atoms with Gasteiger partial charge in [0.15, 0.2) is 0 Å². The molecule has 5 heteroatoms. The number of hydrogen-bond acceptors (Lipinski definition) is 5. The first-order valence-corrected chi connectivity index (χ1v) is 8.26.